The summed E-state index contributed by atoms with van der Waals surface area (Å²) in [5.41, 5.74) is 8.26. The van der Waals surface area contributed by atoms with Crippen LogP contribution in [-0.2, 0) is 0 Å². The maximum atomic E-state index is 10.2. The molecule has 28 heteroatoms. The number of aromatic nitrogens is 6. The van der Waals surface area contributed by atoms with E-state index in [1.54, 1.807) is 97.6 Å². The minimum absolute atomic E-state index is 0. The van der Waals surface area contributed by atoms with Crippen LogP contribution in [0.15, 0.2) is 280 Å². The van der Waals surface area contributed by atoms with Gasteiger partial charge in [-0.15, -0.1) is 0 Å². The number of aromatic carboxylic acids is 6. The van der Waals surface area contributed by atoms with E-state index in [9.17, 15) is 59.4 Å². The average Bonchev–Trinajstić information content (AvgIpc) is 0.848. The Balaban J connectivity index is 0.000000577. The molecule has 0 saturated heterocycles. The van der Waals surface area contributed by atoms with Crippen molar-refractivity contribution < 1.29 is 144 Å². The second-order valence-electron chi connectivity index (χ2n) is 18.4. The van der Waals surface area contributed by atoms with Gasteiger partial charge in [-0.05, 0) is 315 Å². The van der Waals surface area contributed by atoms with E-state index in [0.717, 1.165) is 67.0 Å². The van der Waals surface area contributed by atoms with Crippen LogP contribution in [0.4, 0.5) is 0 Å². The summed E-state index contributed by atoms with van der Waals surface area (Å²) in [4.78, 5) is 87.6. The summed E-state index contributed by atoms with van der Waals surface area (Å²) < 4.78 is 6.10. The third kappa shape index (κ3) is 35.6. The largest absolute Gasteiger partial charge is 3.00 e. The molecule has 12 rings (SSSR count). The van der Waals surface area contributed by atoms with Crippen LogP contribution in [0.5, 0.6) is 0 Å². The first kappa shape index (κ1) is 91.8. The summed E-state index contributed by atoms with van der Waals surface area (Å²) in [5.74, 6) is -6.77. The van der Waals surface area contributed by atoms with Gasteiger partial charge in [0.05, 0.1) is 81.4 Å². The Bertz CT molecular complexity index is 3750. The Morgan fingerprint density at radius 3 is 0.470 bits per heavy atom. The number of hydrogen-bond acceptors (Lipinski definition) is 18. The summed E-state index contributed by atoms with van der Waals surface area (Å²) >= 11 is 12.6. The molecule has 6 heterocycles. The van der Waals surface area contributed by atoms with Gasteiger partial charge in [-0.25, -0.2) is 9.97 Å². The van der Waals surface area contributed by atoms with Crippen LogP contribution < -0.4 is 30.6 Å². The van der Waals surface area contributed by atoms with E-state index in [-0.39, 0.29) is 118 Å². The number of halogens is 6. The molecule has 6 aromatic carbocycles. The molecule has 0 unspecified atom stereocenters. The van der Waals surface area contributed by atoms with Crippen molar-refractivity contribution in [3.63, 3.8) is 0 Å². The van der Waals surface area contributed by atoms with E-state index < -0.39 is 35.8 Å². The van der Waals surface area contributed by atoms with Gasteiger partial charge in [0.15, 0.2) is 0 Å². The third-order valence-corrected chi connectivity index (χ3v) is 16.0. The van der Waals surface area contributed by atoms with Crippen molar-refractivity contribution in [3.8, 4) is 45.6 Å². The monoisotopic (exact) mass is 2320 g/mol. The van der Waals surface area contributed by atoms with Crippen LogP contribution in [0.25, 0.3) is 45.6 Å². The van der Waals surface area contributed by atoms with Crippen molar-refractivity contribution >= 4 is 171 Å². The minimum Gasteiger partial charge on any atom is -0.545 e. The Morgan fingerprint density at radius 2 is 0.350 bits per heavy atom. The Labute approximate surface area is 714 Å². The molecule has 0 amide bonds. The maximum absolute atomic E-state index is 10.2. The number of carbonyl (C=O) groups is 6. The van der Waals surface area contributed by atoms with Gasteiger partial charge in [-0.2, -0.15) is 0 Å². The molecule has 0 saturated carbocycles. The molecule has 0 aliphatic heterocycles. The van der Waals surface area contributed by atoms with E-state index >= 15 is 0 Å². The van der Waals surface area contributed by atoms with Gasteiger partial charge >= 0.3 is 73.7 Å². The number of pyridine rings is 6. The fourth-order valence-electron chi connectivity index (χ4n) is 7.01. The summed E-state index contributed by atoms with van der Waals surface area (Å²) in [6.07, 6.45) is 7.07. The SMILES string of the molecule is O.O.O=C([O-])c1ccc(I)cc1.O=C([O-])c1ccc(I)cc1.O=C([O-])c1ccc(I)cc1.O=C([O-])c1ccc(I)cc1.O=C([O-])c1ccc(I)cc1.O=C([O-])c1ccc(I)cc1.[Tm+3].[Tm+3].c1ccc(-c2cccc(-c3ccccn3)n2)nc1.c1ccc(-c2cccc(-c3ccccn3)n2)nc1. The van der Waals surface area contributed by atoms with E-state index in [0.29, 0.717) is 0 Å². The van der Waals surface area contributed by atoms with Crippen LogP contribution in [0, 0.1) is 95.2 Å². The van der Waals surface area contributed by atoms with Crippen molar-refractivity contribution in [1.82, 2.24) is 29.9 Å². The predicted octanol–water partition coefficient (Wildman–Crippen LogP) is 8.69. The molecule has 0 bridgehead atoms. The Kier molecular flexibility index (Phi) is 46.9. The quantitative estimate of drug-likeness (QED) is 0.115. The number of rotatable bonds is 10. The summed E-state index contributed by atoms with van der Waals surface area (Å²) in [6.45, 7) is 0. The zero-order chi connectivity index (χ0) is 69.8. The number of carboxylic acids is 6. The van der Waals surface area contributed by atoms with Crippen LogP contribution >= 0.6 is 136 Å². The summed E-state index contributed by atoms with van der Waals surface area (Å²) in [5, 5.41) is 61.2. The number of benzene rings is 6. The first-order chi connectivity index (χ1) is 46.1. The molecular weight excluding hydrogens is 2270 g/mol. The molecule has 4 N–H and O–H groups in total. The zero-order valence-corrected chi connectivity index (χ0v) is 67.5. The number of nitrogens with zero attached hydrogens (tertiary/aromatic N) is 6. The number of carbonyl (C=O) groups excluding carboxylic acids is 6. The number of hydrogen-bond donors (Lipinski definition) is 0. The van der Waals surface area contributed by atoms with Gasteiger partial charge in [0, 0.05) is 46.2 Å². The van der Waals surface area contributed by atoms with Gasteiger partial charge in [-0.1, -0.05) is 109 Å². The fourth-order valence-corrected chi connectivity index (χ4v) is 9.17. The Hall–Kier alpha value is -6.19. The van der Waals surface area contributed by atoms with Crippen molar-refractivity contribution in [3.05, 3.63) is 334 Å². The molecule has 0 atom stereocenters. The van der Waals surface area contributed by atoms with E-state index in [1.807, 2.05) is 109 Å². The molecule has 6 aromatic heterocycles. The number of carboxylic acid groups (broad SMARTS) is 6. The zero-order valence-electron chi connectivity index (χ0n) is 51.0. The van der Waals surface area contributed by atoms with Crippen molar-refractivity contribution in [1.29, 1.82) is 0 Å². The predicted molar refractivity (Wildman–Crippen MR) is 410 cm³/mol. The van der Waals surface area contributed by atoms with E-state index in [2.05, 4.69) is 165 Å². The molecule has 12 aromatic rings. The van der Waals surface area contributed by atoms with Crippen molar-refractivity contribution in [2.45, 2.75) is 0 Å². The van der Waals surface area contributed by atoms with Gasteiger partial charge < -0.3 is 70.4 Å². The van der Waals surface area contributed by atoms with Gasteiger partial charge in [0.2, 0.25) is 0 Å². The second-order valence-corrected chi connectivity index (χ2v) is 25.9. The van der Waals surface area contributed by atoms with Crippen molar-refractivity contribution in [2.75, 3.05) is 0 Å². The van der Waals surface area contributed by atoms with Crippen LogP contribution in [0.1, 0.15) is 62.1 Å². The van der Waals surface area contributed by atoms with E-state index in [1.165, 1.54) is 72.8 Å². The second kappa shape index (κ2) is 51.0. The van der Waals surface area contributed by atoms with Gasteiger partial charge in [-0.3, -0.25) is 19.9 Å². The Morgan fingerprint density at radius 1 is 0.210 bits per heavy atom. The van der Waals surface area contributed by atoms with Crippen LogP contribution in [0.2, 0.25) is 0 Å². The van der Waals surface area contributed by atoms with E-state index in [4.69, 9.17) is 0 Å². The van der Waals surface area contributed by atoms with Crippen LogP contribution in [-0.4, -0.2) is 76.7 Å². The topological polar surface area (TPSA) is 381 Å². The maximum Gasteiger partial charge on any atom is 3.00 e. The molecule has 0 fully saturated rings. The summed E-state index contributed by atoms with van der Waals surface area (Å²) in [6, 6.07) is 74.0. The van der Waals surface area contributed by atoms with Gasteiger partial charge in [0.25, 0.3) is 0 Å². The molecule has 0 spiro atoms. The molecule has 0 aliphatic carbocycles. The third-order valence-electron chi connectivity index (χ3n) is 11.7. The van der Waals surface area contributed by atoms with Crippen LogP contribution in [0.3, 0.4) is 0 Å². The molecule has 100 heavy (non-hydrogen) atoms. The standard InChI is InChI=1S/2C15H11N3.6C7H5IO2.2H2O.2Tm/c2*1-3-10-16-12(6-1)14-8-5-9-15(18-14)13-7-2-4-11-17-13;6*8-6-3-1-5(2-4-6)7(9)10;;;;/h2*1-11H;6*1-4H,(H,9,10);2*1H2;;/q;;;;;;;;;;2*+3/p-6. The van der Waals surface area contributed by atoms with Gasteiger partial charge in [0.1, 0.15) is 0 Å². The molecule has 20 nitrogen and oxygen atoms in total. The fraction of sp³-hybridized carbons (Fsp3) is 0. The average molecular weight is 2320 g/mol. The molecule has 520 valence electrons. The molecule has 0 aliphatic rings. The molecule has 0 radical (unpaired) electrons. The first-order valence-corrected chi connectivity index (χ1v) is 33.9. The first-order valence-electron chi connectivity index (χ1n) is 27.5. The smallest absolute Gasteiger partial charge is 0.545 e. The summed E-state index contributed by atoms with van der Waals surface area (Å²) in [7, 11) is 0. The van der Waals surface area contributed by atoms with Crippen molar-refractivity contribution in [2.24, 2.45) is 0 Å². The minimum atomic E-state index is -1.13. The normalized spacial score (nSPS) is 9.26. The molecular formula is C72H50I6N6O14Tm2.